The van der Waals surface area contributed by atoms with Gasteiger partial charge in [0.15, 0.2) is 0 Å². The van der Waals surface area contributed by atoms with E-state index in [0.717, 1.165) is 21.2 Å². The number of rotatable bonds is 3. The average molecular weight is 406 g/mol. The molecule has 2 nitrogen and oxygen atoms in total. The van der Waals surface area contributed by atoms with Gasteiger partial charge in [-0.25, -0.2) is 0 Å². The maximum absolute atomic E-state index is 4.14. The molecule has 1 N–H and O–H groups in total. The van der Waals surface area contributed by atoms with Crippen LogP contribution in [0.25, 0.3) is 10.8 Å². The highest BCUT2D eigenvalue weighted by Crippen LogP contribution is 2.32. The van der Waals surface area contributed by atoms with E-state index in [4.69, 9.17) is 0 Å². The van der Waals surface area contributed by atoms with Gasteiger partial charge in [-0.1, -0.05) is 12.1 Å². The SMILES string of the molecule is Cc1cc(Br)c(NCc2ccc3cnccc3c2)c(Br)c1. The van der Waals surface area contributed by atoms with Crippen molar-refractivity contribution in [2.45, 2.75) is 13.5 Å². The maximum Gasteiger partial charge on any atom is 0.0631 e. The van der Waals surface area contributed by atoms with Crippen LogP contribution in [0.15, 0.2) is 57.7 Å². The van der Waals surface area contributed by atoms with E-state index in [1.807, 2.05) is 18.5 Å². The second-order valence-corrected chi connectivity index (χ2v) is 6.72. The van der Waals surface area contributed by atoms with Crippen molar-refractivity contribution in [3.05, 3.63) is 68.9 Å². The number of pyridine rings is 1. The van der Waals surface area contributed by atoms with Gasteiger partial charge in [-0.05, 0) is 79.6 Å². The number of anilines is 1. The fraction of sp³-hybridized carbons (Fsp3) is 0.118. The molecule has 0 unspecified atom stereocenters. The first-order valence-corrected chi connectivity index (χ1v) is 8.24. The second-order valence-electron chi connectivity index (χ2n) is 5.01. The Morgan fingerprint density at radius 3 is 2.52 bits per heavy atom. The average Bonchev–Trinajstić information content (AvgIpc) is 2.46. The molecule has 0 spiro atoms. The molecule has 0 amide bonds. The summed E-state index contributed by atoms with van der Waals surface area (Å²) in [6.07, 6.45) is 3.71. The van der Waals surface area contributed by atoms with E-state index in [9.17, 15) is 0 Å². The number of aromatic nitrogens is 1. The van der Waals surface area contributed by atoms with Gasteiger partial charge in [-0.2, -0.15) is 0 Å². The summed E-state index contributed by atoms with van der Waals surface area (Å²) in [6, 6.07) is 12.7. The van der Waals surface area contributed by atoms with Crippen LogP contribution in [0.4, 0.5) is 5.69 Å². The van der Waals surface area contributed by atoms with Crippen molar-refractivity contribution in [3.8, 4) is 0 Å². The van der Waals surface area contributed by atoms with Crippen molar-refractivity contribution in [2.75, 3.05) is 5.32 Å². The van der Waals surface area contributed by atoms with E-state index in [1.165, 1.54) is 21.9 Å². The molecule has 3 aromatic rings. The molecule has 0 fully saturated rings. The van der Waals surface area contributed by atoms with E-state index in [1.54, 1.807) is 0 Å². The van der Waals surface area contributed by atoms with Crippen LogP contribution in [-0.2, 0) is 6.54 Å². The van der Waals surface area contributed by atoms with Crippen molar-refractivity contribution >= 4 is 48.3 Å². The fourth-order valence-corrected chi connectivity index (χ4v) is 4.00. The molecule has 1 heterocycles. The molecular formula is C17H14Br2N2. The summed E-state index contributed by atoms with van der Waals surface area (Å²) in [5.41, 5.74) is 3.54. The summed E-state index contributed by atoms with van der Waals surface area (Å²) in [7, 11) is 0. The lowest BCUT2D eigenvalue weighted by molar-refractivity contribution is 1.14. The standard InChI is InChI=1S/C17H14Br2N2/c1-11-6-15(18)17(16(19)7-11)21-9-12-2-3-14-10-20-5-4-13(14)8-12/h2-8,10,21H,9H2,1H3. The first-order valence-electron chi connectivity index (χ1n) is 6.65. The summed E-state index contributed by atoms with van der Waals surface area (Å²) in [6.45, 7) is 2.86. The minimum Gasteiger partial charge on any atom is -0.379 e. The lowest BCUT2D eigenvalue weighted by atomic mass is 10.1. The third-order valence-corrected chi connectivity index (χ3v) is 4.61. The molecule has 0 aliphatic rings. The van der Waals surface area contributed by atoms with Crippen molar-refractivity contribution in [1.29, 1.82) is 0 Å². The highest BCUT2D eigenvalue weighted by Gasteiger charge is 2.06. The number of nitrogens with one attached hydrogen (secondary N) is 1. The van der Waals surface area contributed by atoms with Crippen LogP contribution in [0, 0.1) is 6.92 Å². The van der Waals surface area contributed by atoms with Gasteiger partial charge in [0.2, 0.25) is 0 Å². The van der Waals surface area contributed by atoms with Gasteiger partial charge in [0.25, 0.3) is 0 Å². The molecule has 0 radical (unpaired) electrons. The molecular weight excluding hydrogens is 392 g/mol. The Kier molecular flexibility index (Phi) is 4.27. The molecule has 0 saturated carbocycles. The van der Waals surface area contributed by atoms with Crippen molar-refractivity contribution < 1.29 is 0 Å². The number of fused-ring (bicyclic) bond motifs is 1. The van der Waals surface area contributed by atoms with Crippen LogP contribution in [0.3, 0.4) is 0 Å². The summed E-state index contributed by atoms with van der Waals surface area (Å²) in [5.74, 6) is 0. The van der Waals surface area contributed by atoms with E-state index in [0.29, 0.717) is 0 Å². The van der Waals surface area contributed by atoms with E-state index < -0.39 is 0 Å². The normalized spacial score (nSPS) is 10.8. The van der Waals surface area contributed by atoms with E-state index >= 15 is 0 Å². The Labute approximate surface area is 140 Å². The summed E-state index contributed by atoms with van der Waals surface area (Å²) < 4.78 is 2.14. The first kappa shape index (κ1) is 14.5. The van der Waals surface area contributed by atoms with E-state index in [2.05, 4.69) is 79.4 Å². The van der Waals surface area contributed by atoms with Gasteiger partial charge < -0.3 is 5.32 Å². The highest BCUT2D eigenvalue weighted by atomic mass is 79.9. The molecule has 0 atom stereocenters. The predicted octanol–water partition coefficient (Wildman–Crippen LogP) is 5.68. The molecule has 106 valence electrons. The first-order chi connectivity index (χ1) is 10.1. The van der Waals surface area contributed by atoms with Crippen molar-refractivity contribution in [1.82, 2.24) is 4.98 Å². The number of nitrogens with zero attached hydrogens (tertiary/aromatic N) is 1. The summed E-state index contributed by atoms with van der Waals surface area (Å²) >= 11 is 7.22. The molecule has 0 aliphatic carbocycles. The van der Waals surface area contributed by atoms with Gasteiger partial charge >= 0.3 is 0 Å². The molecule has 2 aromatic carbocycles. The second kappa shape index (κ2) is 6.16. The summed E-state index contributed by atoms with van der Waals surface area (Å²) in [4.78, 5) is 4.14. The zero-order valence-corrected chi connectivity index (χ0v) is 14.7. The van der Waals surface area contributed by atoms with Gasteiger partial charge in [-0.15, -0.1) is 0 Å². The lowest BCUT2D eigenvalue weighted by Gasteiger charge is -2.12. The number of hydrogen-bond acceptors (Lipinski definition) is 2. The van der Waals surface area contributed by atoms with Crippen LogP contribution in [0.2, 0.25) is 0 Å². The number of benzene rings is 2. The minimum atomic E-state index is 0.776. The fourth-order valence-electron chi connectivity index (χ4n) is 2.30. The number of halogens is 2. The molecule has 0 saturated heterocycles. The van der Waals surface area contributed by atoms with Crippen molar-refractivity contribution in [3.63, 3.8) is 0 Å². The van der Waals surface area contributed by atoms with Crippen LogP contribution >= 0.6 is 31.9 Å². The van der Waals surface area contributed by atoms with Gasteiger partial charge in [0.05, 0.1) is 5.69 Å². The quantitative estimate of drug-likeness (QED) is 0.606. The van der Waals surface area contributed by atoms with Crippen LogP contribution in [0.1, 0.15) is 11.1 Å². The number of hydrogen-bond donors (Lipinski definition) is 1. The Balaban J connectivity index is 1.83. The topological polar surface area (TPSA) is 24.9 Å². The third-order valence-electron chi connectivity index (χ3n) is 3.36. The Bertz CT molecular complexity index is 777. The molecule has 3 rings (SSSR count). The third kappa shape index (κ3) is 3.27. The van der Waals surface area contributed by atoms with Gasteiger partial charge in [-0.3, -0.25) is 4.98 Å². The molecule has 1 aromatic heterocycles. The molecule has 0 bridgehead atoms. The van der Waals surface area contributed by atoms with E-state index in [-0.39, 0.29) is 0 Å². The molecule has 0 aliphatic heterocycles. The van der Waals surface area contributed by atoms with Crippen LogP contribution < -0.4 is 5.32 Å². The molecule has 21 heavy (non-hydrogen) atoms. The smallest absolute Gasteiger partial charge is 0.0631 e. The predicted molar refractivity (Wildman–Crippen MR) is 95.6 cm³/mol. The van der Waals surface area contributed by atoms with Crippen molar-refractivity contribution in [2.24, 2.45) is 0 Å². The highest BCUT2D eigenvalue weighted by molar-refractivity contribution is 9.11. The Hall–Kier alpha value is -1.39. The maximum atomic E-state index is 4.14. The Morgan fingerprint density at radius 2 is 1.76 bits per heavy atom. The number of aryl methyl sites for hydroxylation is 1. The van der Waals surface area contributed by atoms with Gasteiger partial charge in [0, 0.05) is 33.3 Å². The molecule has 4 heteroatoms. The largest absolute Gasteiger partial charge is 0.379 e. The van der Waals surface area contributed by atoms with Crippen LogP contribution in [-0.4, -0.2) is 4.98 Å². The minimum absolute atomic E-state index is 0.776. The van der Waals surface area contributed by atoms with Crippen LogP contribution in [0.5, 0.6) is 0 Å². The van der Waals surface area contributed by atoms with Gasteiger partial charge in [0.1, 0.15) is 0 Å². The summed E-state index contributed by atoms with van der Waals surface area (Å²) in [5, 5.41) is 5.86. The zero-order chi connectivity index (χ0) is 14.8. The monoisotopic (exact) mass is 404 g/mol. The lowest BCUT2D eigenvalue weighted by Crippen LogP contribution is -2.01. The zero-order valence-electron chi connectivity index (χ0n) is 11.5. The Morgan fingerprint density at radius 1 is 1.00 bits per heavy atom.